The Hall–Kier alpha value is -3.24. The summed E-state index contributed by atoms with van der Waals surface area (Å²) >= 11 is 6.45. The van der Waals surface area contributed by atoms with Gasteiger partial charge in [0.2, 0.25) is 0 Å². The molecule has 9 nitrogen and oxygen atoms in total. The molecule has 1 aliphatic carbocycles. The summed E-state index contributed by atoms with van der Waals surface area (Å²) in [5.74, 6) is -0.316. The van der Waals surface area contributed by atoms with Crippen molar-refractivity contribution in [1.82, 2.24) is 29.3 Å². The predicted octanol–water partition coefficient (Wildman–Crippen LogP) is 2.78. The third-order valence-electron chi connectivity index (χ3n) is 7.52. The Kier molecular flexibility index (Phi) is 5.19. The predicted molar refractivity (Wildman–Crippen MR) is 134 cm³/mol. The second-order valence-corrected chi connectivity index (χ2v) is 10.2. The summed E-state index contributed by atoms with van der Waals surface area (Å²) in [5.41, 5.74) is 2.21. The molecule has 1 aliphatic heterocycles. The van der Waals surface area contributed by atoms with E-state index in [1.165, 1.54) is 17.2 Å². The molecule has 2 fully saturated rings. The van der Waals surface area contributed by atoms with Crippen molar-refractivity contribution in [3.63, 3.8) is 0 Å². The van der Waals surface area contributed by atoms with Crippen LogP contribution in [0.1, 0.15) is 12.8 Å². The zero-order valence-electron chi connectivity index (χ0n) is 19.6. The maximum atomic E-state index is 14.2. The molecule has 4 heterocycles. The highest BCUT2D eigenvalue weighted by Crippen LogP contribution is 2.51. The van der Waals surface area contributed by atoms with Crippen LogP contribution in [0, 0.1) is 11.2 Å². The summed E-state index contributed by atoms with van der Waals surface area (Å²) in [6.45, 7) is 3.61. The highest BCUT2D eigenvalue weighted by Gasteiger charge is 2.53. The fraction of sp³-hybridized carbons (Fsp3) is 0.417. The number of benzene rings is 1. The number of anilines is 2. The maximum Gasteiger partial charge on any atom is 0.274 e. The van der Waals surface area contributed by atoms with Crippen LogP contribution in [0.25, 0.3) is 16.4 Å². The minimum atomic E-state index is -0.316. The maximum absolute atomic E-state index is 14.2. The Labute approximate surface area is 206 Å². The number of aryl methyl sites for hydroxylation is 1. The molecule has 4 aromatic rings. The van der Waals surface area contributed by atoms with Crippen molar-refractivity contribution in [2.24, 2.45) is 12.5 Å². The number of pyridine rings is 1. The zero-order valence-corrected chi connectivity index (χ0v) is 20.3. The molecule has 0 amide bonds. The van der Waals surface area contributed by atoms with Crippen molar-refractivity contribution >= 4 is 39.4 Å². The van der Waals surface area contributed by atoms with Crippen LogP contribution in [-0.4, -0.2) is 68.5 Å². The third kappa shape index (κ3) is 3.71. The van der Waals surface area contributed by atoms with Gasteiger partial charge in [-0.1, -0.05) is 17.7 Å². The van der Waals surface area contributed by atoms with Crippen LogP contribution in [0.5, 0.6) is 0 Å². The average Bonchev–Trinajstić information content (AvgIpc) is 3.24. The van der Waals surface area contributed by atoms with E-state index in [0.29, 0.717) is 39.9 Å². The van der Waals surface area contributed by atoms with Crippen LogP contribution in [0.15, 0.2) is 41.6 Å². The molecule has 0 radical (unpaired) electrons. The number of nitrogens with one attached hydrogen (secondary N) is 1. The Morgan fingerprint density at radius 3 is 2.91 bits per heavy atom. The van der Waals surface area contributed by atoms with Gasteiger partial charge in [0.05, 0.1) is 11.1 Å². The number of fused-ring (bicyclic) bond motifs is 2. The summed E-state index contributed by atoms with van der Waals surface area (Å²) in [5, 5.41) is 16.8. The van der Waals surface area contributed by atoms with Crippen LogP contribution < -0.4 is 15.8 Å². The van der Waals surface area contributed by atoms with E-state index in [9.17, 15) is 9.18 Å². The highest BCUT2D eigenvalue weighted by atomic mass is 35.5. The lowest BCUT2D eigenvalue weighted by Crippen LogP contribution is -2.66. The SMILES string of the molecule is CN(c1cccc2c(=O)n(C)nc(Cl)c12)C1CC2(C1)CN(CCNc1cc3nncn3cc1F)C2. The van der Waals surface area contributed by atoms with Gasteiger partial charge in [0.25, 0.3) is 5.56 Å². The van der Waals surface area contributed by atoms with E-state index < -0.39 is 0 Å². The van der Waals surface area contributed by atoms with Gasteiger partial charge >= 0.3 is 0 Å². The molecule has 0 atom stereocenters. The topological polar surface area (TPSA) is 83.6 Å². The van der Waals surface area contributed by atoms with E-state index >= 15 is 0 Å². The molecule has 1 saturated heterocycles. The molecule has 1 spiro atoms. The molecule has 1 saturated carbocycles. The summed E-state index contributed by atoms with van der Waals surface area (Å²) in [6.07, 6.45) is 5.06. The first-order chi connectivity index (χ1) is 16.8. The molecule has 182 valence electrons. The molecule has 11 heteroatoms. The van der Waals surface area contributed by atoms with E-state index in [4.69, 9.17) is 11.6 Å². The van der Waals surface area contributed by atoms with E-state index in [-0.39, 0.29) is 11.4 Å². The molecular formula is C24H26ClFN8O. The Morgan fingerprint density at radius 2 is 2.11 bits per heavy atom. The number of likely N-dealkylation sites (tertiary alicyclic amines) is 1. The van der Waals surface area contributed by atoms with Crippen molar-refractivity contribution in [2.75, 3.05) is 43.4 Å². The molecule has 3 aromatic heterocycles. The van der Waals surface area contributed by atoms with Crippen molar-refractivity contribution < 1.29 is 4.39 Å². The highest BCUT2D eigenvalue weighted by molar-refractivity contribution is 6.35. The van der Waals surface area contributed by atoms with Gasteiger partial charge in [-0.2, -0.15) is 5.10 Å². The number of nitrogens with zero attached hydrogens (tertiary/aromatic N) is 7. The molecule has 0 bridgehead atoms. The second-order valence-electron chi connectivity index (χ2n) is 9.86. The van der Waals surface area contributed by atoms with Crippen LogP contribution >= 0.6 is 11.6 Å². The Balaban J connectivity index is 1.04. The van der Waals surface area contributed by atoms with Gasteiger partial charge in [0.1, 0.15) is 6.33 Å². The molecular weight excluding hydrogens is 471 g/mol. The van der Waals surface area contributed by atoms with E-state index in [1.807, 2.05) is 12.1 Å². The van der Waals surface area contributed by atoms with Gasteiger partial charge in [-0.15, -0.1) is 10.2 Å². The van der Waals surface area contributed by atoms with Crippen molar-refractivity contribution in [3.05, 3.63) is 58.1 Å². The minimum Gasteiger partial charge on any atom is -0.381 e. The van der Waals surface area contributed by atoms with Gasteiger partial charge < -0.3 is 15.1 Å². The fourth-order valence-corrected chi connectivity index (χ4v) is 6.00. The largest absolute Gasteiger partial charge is 0.381 e. The van der Waals surface area contributed by atoms with Crippen LogP contribution in [-0.2, 0) is 7.05 Å². The van der Waals surface area contributed by atoms with Gasteiger partial charge in [-0.25, -0.2) is 9.07 Å². The van der Waals surface area contributed by atoms with Gasteiger partial charge in [-0.05, 0) is 30.4 Å². The number of hydrogen-bond donors (Lipinski definition) is 1. The summed E-state index contributed by atoms with van der Waals surface area (Å²) in [6, 6.07) is 7.79. The van der Waals surface area contributed by atoms with Gasteiger partial charge in [0, 0.05) is 69.7 Å². The molecule has 1 N–H and O–H groups in total. The second kappa shape index (κ2) is 8.17. The zero-order chi connectivity index (χ0) is 24.3. The fourth-order valence-electron chi connectivity index (χ4n) is 5.69. The molecule has 2 aliphatic rings. The normalized spacial score (nSPS) is 17.6. The molecule has 35 heavy (non-hydrogen) atoms. The number of halogens is 2. The lowest BCUT2D eigenvalue weighted by atomic mass is 9.60. The average molecular weight is 497 g/mol. The summed E-state index contributed by atoms with van der Waals surface area (Å²) in [4.78, 5) is 17.2. The smallest absolute Gasteiger partial charge is 0.274 e. The Morgan fingerprint density at radius 1 is 1.31 bits per heavy atom. The number of aromatic nitrogens is 5. The minimum absolute atomic E-state index is 0.144. The van der Waals surface area contributed by atoms with Crippen LogP contribution in [0.2, 0.25) is 5.15 Å². The number of hydrogen-bond acceptors (Lipinski definition) is 7. The van der Waals surface area contributed by atoms with Crippen LogP contribution in [0.3, 0.4) is 0 Å². The van der Waals surface area contributed by atoms with Crippen molar-refractivity contribution in [3.8, 4) is 0 Å². The standard InChI is InChI=1S/C24H26ClFN8O/c1-31(19-5-3-4-16-21(19)22(25)30-32(2)23(16)35)15-9-24(10-15)12-33(13-24)7-6-27-18-8-20-29-28-14-34(20)11-17(18)26/h3-5,8,11,14-15,27H,6-7,9-10,12-13H2,1-2H3. The van der Waals surface area contributed by atoms with Gasteiger partial charge in [0.15, 0.2) is 16.6 Å². The first-order valence-corrected chi connectivity index (χ1v) is 12.0. The first-order valence-electron chi connectivity index (χ1n) is 11.7. The number of rotatable bonds is 6. The summed E-state index contributed by atoms with van der Waals surface area (Å²) in [7, 11) is 3.69. The van der Waals surface area contributed by atoms with Crippen molar-refractivity contribution in [2.45, 2.75) is 18.9 Å². The van der Waals surface area contributed by atoms with Crippen molar-refractivity contribution in [1.29, 1.82) is 0 Å². The lowest BCUT2D eigenvalue weighted by molar-refractivity contribution is -0.0690. The molecule has 0 unspecified atom stereocenters. The Bertz CT molecular complexity index is 1490. The summed E-state index contributed by atoms with van der Waals surface area (Å²) < 4.78 is 17.1. The van der Waals surface area contributed by atoms with E-state index in [2.05, 4.69) is 37.5 Å². The monoisotopic (exact) mass is 496 g/mol. The first kappa shape index (κ1) is 22.2. The molecule has 6 rings (SSSR count). The quantitative estimate of drug-likeness (QED) is 0.439. The lowest BCUT2D eigenvalue weighted by Gasteiger charge is -2.61. The molecule has 1 aromatic carbocycles. The van der Waals surface area contributed by atoms with E-state index in [0.717, 1.165) is 43.5 Å². The third-order valence-corrected chi connectivity index (χ3v) is 7.79. The van der Waals surface area contributed by atoms with E-state index in [1.54, 1.807) is 23.6 Å². The van der Waals surface area contributed by atoms with Gasteiger partial charge in [-0.3, -0.25) is 9.20 Å². The van der Waals surface area contributed by atoms with Crippen LogP contribution in [0.4, 0.5) is 15.8 Å².